The molecule has 0 aliphatic rings. The summed E-state index contributed by atoms with van der Waals surface area (Å²) in [6.07, 6.45) is 0. The molecule has 144 valence electrons. The van der Waals surface area contributed by atoms with Crippen LogP contribution in [0.4, 0.5) is 27.5 Å². The van der Waals surface area contributed by atoms with Crippen LogP contribution in [0.5, 0.6) is 0 Å². The molecule has 7 nitrogen and oxygen atoms in total. The number of nitro groups is 1. The lowest BCUT2D eigenvalue weighted by Gasteiger charge is -2.21. The number of benzene rings is 2. The Morgan fingerprint density at radius 1 is 1.04 bits per heavy atom. The third-order valence-corrected chi connectivity index (χ3v) is 3.70. The van der Waals surface area contributed by atoms with Crippen LogP contribution in [0, 0.1) is 15.9 Å². The second kappa shape index (κ2) is 7.59. The lowest BCUT2D eigenvalue weighted by atomic mass is 10.1. The van der Waals surface area contributed by atoms with Gasteiger partial charge in [-0.15, -0.1) is 0 Å². The number of hydrogen-bond donors (Lipinski definition) is 2. The van der Waals surface area contributed by atoms with E-state index >= 15 is 0 Å². The zero-order chi connectivity index (χ0) is 20.3. The Morgan fingerprint density at radius 3 is 2.39 bits per heavy atom. The highest BCUT2D eigenvalue weighted by Gasteiger charge is 2.18. The minimum atomic E-state index is -0.681. The monoisotopic (exact) mass is 381 g/mol. The van der Waals surface area contributed by atoms with Crippen molar-refractivity contribution in [1.29, 1.82) is 0 Å². The summed E-state index contributed by atoms with van der Waals surface area (Å²) in [7, 11) is 0. The first-order valence-corrected chi connectivity index (χ1v) is 8.65. The molecule has 0 bridgehead atoms. The minimum absolute atomic E-state index is 0.144. The number of nitrogens with one attached hydrogen (secondary N) is 2. The highest BCUT2D eigenvalue weighted by molar-refractivity contribution is 5.71. The predicted octanol–water partition coefficient (Wildman–Crippen LogP) is 5.14. The molecule has 0 unspecified atom stereocenters. The number of hydrogen-bond acceptors (Lipinski definition) is 6. The van der Waals surface area contributed by atoms with Gasteiger partial charge in [0.25, 0.3) is 5.69 Å². The predicted molar refractivity (Wildman–Crippen MR) is 107 cm³/mol. The van der Waals surface area contributed by atoms with Crippen LogP contribution in [0.1, 0.15) is 20.8 Å². The van der Waals surface area contributed by atoms with E-state index in [1.54, 1.807) is 6.07 Å². The highest BCUT2D eigenvalue weighted by atomic mass is 19.1. The van der Waals surface area contributed by atoms with Crippen LogP contribution in [0.3, 0.4) is 0 Å². The van der Waals surface area contributed by atoms with E-state index in [1.165, 1.54) is 6.07 Å². The SMILES string of the molecule is CC(C)(C)Nc1nc(Nc2ccc(F)cc2[N+](=O)[O-])cc(-c2ccccc2)n1. The summed E-state index contributed by atoms with van der Waals surface area (Å²) >= 11 is 0. The van der Waals surface area contributed by atoms with Gasteiger partial charge < -0.3 is 10.6 Å². The van der Waals surface area contributed by atoms with E-state index in [-0.39, 0.29) is 16.9 Å². The van der Waals surface area contributed by atoms with Gasteiger partial charge in [-0.25, -0.2) is 9.37 Å². The van der Waals surface area contributed by atoms with Crippen LogP contribution in [0.15, 0.2) is 54.6 Å². The summed E-state index contributed by atoms with van der Waals surface area (Å²) in [6, 6.07) is 14.5. The zero-order valence-corrected chi connectivity index (χ0v) is 15.7. The van der Waals surface area contributed by atoms with Gasteiger partial charge in [0.2, 0.25) is 5.95 Å². The standard InChI is InChI=1S/C20H20FN5O2/c1-20(2,3)25-19-23-16(13-7-5-4-6-8-13)12-18(24-19)22-15-10-9-14(21)11-17(15)26(27)28/h4-12H,1-3H3,(H2,22,23,24,25). The smallest absolute Gasteiger partial charge is 0.295 e. The first kappa shape index (κ1) is 19.2. The quantitative estimate of drug-likeness (QED) is 0.469. The average Bonchev–Trinajstić information content (AvgIpc) is 2.62. The molecule has 0 atom stereocenters. The Bertz CT molecular complexity index is 1000. The van der Waals surface area contributed by atoms with Crippen molar-refractivity contribution in [2.24, 2.45) is 0 Å². The van der Waals surface area contributed by atoms with Gasteiger partial charge in [0, 0.05) is 17.2 Å². The maximum atomic E-state index is 13.4. The molecule has 0 radical (unpaired) electrons. The number of nitrogens with zero attached hydrogens (tertiary/aromatic N) is 3. The number of nitro benzene ring substituents is 1. The Labute approximate surface area is 161 Å². The van der Waals surface area contributed by atoms with Crippen LogP contribution in [-0.2, 0) is 0 Å². The number of anilines is 3. The molecular weight excluding hydrogens is 361 g/mol. The van der Waals surface area contributed by atoms with Gasteiger partial charge in [-0.05, 0) is 32.9 Å². The Morgan fingerprint density at radius 2 is 1.75 bits per heavy atom. The van der Waals surface area contributed by atoms with Crippen molar-refractivity contribution in [3.63, 3.8) is 0 Å². The van der Waals surface area contributed by atoms with E-state index in [2.05, 4.69) is 20.6 Å². The van der Waals surface area contributed by atoms with E-state index in [0.717, 1.165) is 17.7 Å². The molecule has 0 aliphatic heterocycles. The molecule has 1 heterocycles. The second-order valence-electron chi connectivity index (χ2n) is 7.25. The van der Waals surface area contributed by atoms with Crippen molar-refractivity contribution in [3.05, 3.63) is 70.5 Å². The average molecular weight is 381 g/mol. The number of rotatable bonds is 5. The Hall–Kier alpha value is -3.55. The summed E-state index contributed by atoms with van der Waals surface area (Å²) in [6.45, 7) is 5.93. The summed E-state index contributed by atoms with van der Waals surface area (Å²) in [5.41, 5.74) is 1.01. The lowest BCUT2D eigenvalue weighted by Crippen LogP contribution is -2.27. The topological polar surface area (TPSA) is 93.0 Å². The Balaban J connectivity index is 2.05. The molecule has 0 saturated carbocycles. The van der Waals surface area contributed by atoms with Crippen molar-refractivity contribution in [3.8, 4) is 11.3 Å². The van der Waals surface area contributed by atoms with E-state index < -0.39 is 10.7 Å². The molecule has 0 fully saturated rings. The van der Waals surface area contributed by atoms with Crippen molar-refractivity contribution >= 4 is 23.1 Å². The van der Waals surface area contributed by atoms with Gasteiger partial charge >= 0.3 is 0 Å². The fourth-order valence-electron chi connectivity index (χ4n) is 2.56. The summed E-state index contributed by atoms with van der Waals surface area (Å²) in [4.78, 5) is 19.6. The summed E-state index contributed by atoms with van der Waals surface area (Å²) < 4.78 is 13.4. The van der Waals surface area contributed by atoms with Crippen molar-refractivity contribution in [1.82, 2.24) is 9.97 Å². The van der Waals surface area contributed by atoms with Gasteiger partial charge in [0.15, 0.2) is 0 Å². The third-order valence-electron chi connectivity index (χ3n) is 3.70. The molecular formula is C20H20FN5O2. The van der Waals surface area contributed by atoms with E-state index in [0.29, 0.717) is 17.5 Å². The normalized spacial score (nSPS) is 11.1. The molecule has 28 heavy (non-hydrogen) atoms. The van der Waals surface area contributed by atoms with Crippen molar-refractivity contribution < 1.29 is 9.31 Å². The maximum absolute atomic E-state index is 13.4. The van der Waals surface area contributed by atoms with Crippen LogP contribution in [-0.4, -0.2) is 20.4 Å². The number of aromatic nitrogens is 2. The third kappa shape index (κ3) is 4.79. The van der Waals surface area contributed by atoms with E-state index in [9.17, 15) is 14.5 Å². The molecule has 0 saturated heterocycles. The van der Waals surface area contributed by atoms with E-state index in [1.807, 2.05) is 51.1 Å². The van der Waals surface area contributed by atoms with Gasteiger partial charge in [0.1, 0.15) is 17.3 Å². The van der Waals surface area contributed by atoms with Crippen molar-refractivity contribution in [2.45, 2.75) is 26.3 Å². The number of halogens is 1. The molecule has 2 aromatic carbocycles. The highest BCUT2D eigenvalue weighted by Crippen LogP contribution is 2.30. The van der Waals surface area contributed by atoms with Crippen molar-refractivity contribution in [2.75, 3.05) is 10.6 Å². The van der Waals surface area contributed by atoms with E-state index in [4.69, 9.17) is 0 Å². The lowest BCUT2D eigenvalue weighted by molar-refractivity contribution is -0.384. The minimum Gasteiger partial charge on any atom is -0.350 e. The maximum Gasteiger partial charge on any atom is 0.295 e. The molecule has 3 aromatic rings. The molecule has 1 aromatic heterocycles. The second-order valence-corrected chi connectivity index (χ2v) is 7.25. The molecule has 0 aliphatic carbocycles. The van der Waals surface area contributed by atoms with Gasteiger partial charge in [0.05, 0.1) is 16.7 Å². The first-order valence-electron chi connectivity index (χ1n) is 8.65. The van der Waals surface area contributed by atoms with Gasteiger partial charge in [-0.3, -0.25) is 10.1 Å². The molecule has 3 rings (SSSR count). The van der Waals surface area contributed by atoms with Gasteiger partial charge in [-0.1, -0.05) is 30.3 Å². The molecule has 8 heteroatoms. The Kier molecular flexibility index (Phi) is 5.21. The summed E-state index contributed by atoms with van der Waals surface area (Å²) in [5.74, 6) is 0.0522. The van der Waals surface area contributed by atoms with Crippen LogP contribution >= 0.6 is 0 Å². The largest absolute Gasteiger partial charge is 0.350 e. The van der Waals surface area contributed by atoms with Gasteiger partial charge in [-0.2, -0.15) is 4.98 Å². The fraction of sp³-hybridized carbons (Fsp3) is 0.200. The molecule has 0 spiro atoms. The first-order chi connectivity index (χ1) is 13.2. The molecule has 2 N–H and O–H groups in total. The van der Waals surface area contributed by atoms with Crippen LogP contribution in [0.2, 0.25) is 0 Å². The zero-order valence-electron chi connectivity index (χ0n) is 15.7. The molecule has 0 amide bonds. The van der Waals surface area contributed by atoms with Crippen LogP contribution < -0.4 is 10.6 Å². The van der Waals surface area contributed by atoms with Crippen LogP contribution in [0.25, 0.3) is 11.3 Å². The fourth-order valence-corrected chi connectivity index (χ4v) is 2.56. The summed E-state index contributed by atoms with van der Waals surface area (Å²) in [5, 5.41) is 17.4.